The highest BCUT2D eigenvalue weighted by molar-refractivity contribution is 7.99. The van der Waals surface area contributed by atoms with Crippen molar-refractivity contribution in [1.82, 2.24) is 9.97 Å². The van der Waals surface area contributed by atoms with Crippen molar-refractivity contribution in [1.29, 1.82) is 0 Å². The lowest BCUT2D eigenvalue weighted by Gasteiger charge is -2.11. The van der Waals surface area contributed by atoms with E-state index in [1.807, 2.05) is 32.0 Å². The molecule has 2 rings (SSSR count). The number of carbonyl (C=O) groups is 1. The predicted molar refractivity (Wildman–Crippen MR) is 87.0 cm³/mol. The van der Waals surface area contributed by atoms with E-state index in [1.54, 1.807) is 0 Å². The highest BCUT2D eigenvalue weighted by atomic mass is 32.2. The van der Waals surface area contributed by atoms with E-state index in [1.165, 1.54) is 6.92 Å². The van der Waals surface area contributed by atoms with Crippen LogP contribution in [-0.2, 0) is 11.0 Å². The van der Waals surface area contributed by atoms with E-state index in [2.05, 4.69) is 15.3 Å². The number of aromatic nitrogens is 2. The van der Waals surface area contributed by atoms with Gasteiger partial charge >= 0.3 is 6.18 Å². The third-order valence-corrected chi connectivity index (χ3v) is 4.05. The normalized spacial score (nSPS) is 11.4. The molecule has 0 bridgehead atoms. The summed E-state index contributed by atoms with van der Waals surface area (Å²) in [6.45, 7) is 5.20. The molecule has 0 unspecified atom stereocenters. The molecule has 0 saturated heterocycles. The van der Waals surface area contributed by atoms with Gasteiger partial charge in [0.25, 0.3) is 0 Å². The van der Waals surface area contributed by atoms with Crippen LogP contribution in [0, 0.1) is 20.8 Å². The summed E-state index contributed by atoms with van der Waals surface area (Å²) in [6, 6.07) is 6.50. The summed E-state index contributed by atoms with van der Waals surface area (Å²) in [5.74, 6) is -0.398. The summed E-state index contributed by atoms with van der Waals surface area (Å²) in [5, 5.41) is 2.70. The summed E-state index contributed by atoms with van der Waals surface area (Å²) < 4.78 is 38.2. The molecule has 1 aromatic heterocycles. The smallest absolute Gasteiger partial charge is 0.325 e. The number of nitrogens with zero attached hydrogens (tertiary/aromatic N) is 2. The van der Waals surface area contributed by atoms with E-state index in [0.717, 1.165) is 29.0 Å². The van der Waals surface area contributed by atoms with Crippen molar-refractivity contribution in [3.63, 3.8) is 0 Å². The standard InChI is InChI=1S/C16H16F3N3OS/c1-9-5-4-6-10(2)14(9)22-13(23)8-24-15-20-11(3)7-12(21-15)16(17,18)19/h4-7H,8H2,1-3H3,(H,22,23). The van der Waals surface area contributed by atoms with Crippen LogP contribution in [0.4, 0.5) is 18.9 Å². The summed E-state index contributed by atoms with van der Waals surface area (Å²) in [7, 11) is 0. The minimum absolute atomic E-state index is 0.0704. The molecule has 0 aliphatic rings. The molecule has 1 heterocycles. The number of thioether (sulfide) groups is 1. The Labute approximate surface area is 141 Å². The molecule has 2 aromatic rings. The highest BCUT2D eigenvalue weighted by Crippen LogP contribution is 2.29. The zero-order chi connectivity index (χ0) is 17.9. The zero-order valence-electron chi connectivity index (χ0n) is 13.4. The van der Waals surface area contributed by atoms with Gasteiger partial charge in [-0.25, -0.2) is 9.97 Å². The Morgan fingerprint density at radius 3 is 2.38 bits per heavy atom. The average molecular weight is 355 g/mol. The van der Waals surface area contributed by atoms with E-state index >= 15 is 0 Å². The number of aryl methyl sites for hydroxylation is 3. The fourth-order valence-corrected chi connectivity index (χ4v) is 2.77. The van der Waals surface area contributed by atoms with Gasteiger partial charge in [0.15, 0.2) is 5.16 Å². The molecule has 0 radical (unpaired) electrons. The van der Waals surface area contributed by atoms with Gasteiger partial charge in [0.05, 0.1) is 5.75 Å². The number of hydrogen-bond donors (Lipinski definition) is 1. The molecule has 4 nitrogen and oxygen atoms in total. The second-order valence-corrected chi connectivity index (χ2v) is 6.22. The number of amides is 1. The lowest BCUT2D eigenvalue weighted by atomic mass is 10.1. The minimum Gasteiger partial charge on any atom is -0.325 e. The summed E-state index contributed by atoms with van der Waals surface area (Å²) in [5.41, 5.74) is 1.74. The van der Waals surface area contributed by atoms with Gasteiger partial charge < -0.3 is 5.32 Å². The Hall–Kier alpha value is -2.09. The molecule has 0 atom stereocenters. The Kier molecular flexibility index (Phi) is 5.48. The maximum absolute atomic E-state index is 12.7. The highest BCUT2D eigenvalue weighted by Gasteiger charge is 2.33. The van der Waals surface area contributed by atoms with Crippen LogP contribution in [0.3, 0.4) is 0 Å². The molecule has 24 heavy (non-hydrogen) atoms. The maximum atomic E-state index is 12.7. The van der Waals surface area contributed by atoms with Crippen LogP contribution < -0.4 is 5.32 Å². The first-order valence-electron chi connectivity index (χ1n) is 7.08. The van der Waals surface area contributed by atoms with Crippen LogP contribution in [0.25, 0.3) is 0 Å². The minimum atomic E-state index is -4.54. The number of rotatable bonds is 4. The molecule has 0 saturated carbocycles. The van der Waals surface area contributed by atoms with Crippen molar-refractivity contribution in [3.05, 3.63) is 46.8 Å². The van der Waals surface area contributed by atoms with E-state index in [0.29, 0.717) is 5.69 Å². The average Bonchev–Trinajstić information content (AvgIpc) is 2.48. The molecular weight excluding hydrogens is 339 g/mol. The zero-order valence-corrected chi connectivity index (χ0v) is 14.2. The van der Waals surface area contributed by atoms with Crippen molar-refractivity contribution in [2.45, 2.75) is 32.1 Å². The molecule has 0 aliphatic heterocycles. The number of anilines is 1. The summed E-state index contributed by atoms with van der Waals surface area (Å²) >= 11 is 0.870. The Morgan fingerprint density at radius 2 is 1.79 bits per heavy atom. The summed E-state index contributed by atoms with van der Waals surface area (Å²) in [6.07, 6.45) is -4.54. The molecule has 0 spiro atoms. The number of para-hydroxylation sites is 1. The quantitative estimate of drug-likeness (QED) is 0.661. The van der Waals surface area contributed by atoms with Crippen LogP contribution in [0.2, 0.25) is 0 Å². The van der Waals surface area contributed by atoms with Gasteiger partial charge in [-0.05, 0) is 38.0 Å². The van der Waals surface area contributed by atoms with Crippen LogP contribution in [0.15, 0.2) is 29.4 Å². The number of benzene rings is 1. The molecule has 1 aromatic carbocycles. The van der Waals surface area contributed by atoms with Gasteiger partial charge in [-0.3, -0.25) is 4.79 Å². The number of nitrogens with one attached hydrogen (secondary N) is 1. The molecule has 1 amide bonds. The van der Waals surface area contributed by atoms with Gasteiger partial charge in [0.2, 0.25) is 5.91 Å². The van der Waals surface area contributed by atoms with Gasteiger partial charge in [-0.15, -0.1) is 0 Å². The fourth-order valence-electron chi connectivity index (χ4n) is 2.07. The Morgan fingerprint density at radius 1 is 1.17 bits per heavy atom. The molecule has 8 heteroatoms. The summed E-state index contributed by atoms with van der Waals surface area (Å²) in [4.78, 5) is 19.4. The number of carbonyl (C=O) groups excluding carboxylic acids is 1. The first-order chi connectivity index (χ1) is 11.2. The van der Waals surface area contributed by atoms with E-state index < -0.39 is 11.9 Å². The van der Waals surface area contributed by atoms with E-state index in [-0.39, 0.29) is 22.5 Å². The predicted octanol–water partition coefficient (Wildman–Crippen LogP) is 4.15. The van der Waals surface area contributed by atoms with Crippen molar-refractivity contribution in [2.75, 3.05) is 11.1 Å². The van der Waals surface area contributed by atoms with Gasteiger partial charge in [-0.1, -0.05) is 30.0 Å². The molecule has 0 fully saturated rings. The lowest BCUT2D eigenvalue weighted by Crippen LogP contribution is -2.16. The van der Waals surface area contributed by atoms with Crippen molar-refractivity contribution >= 4 is 23.4 Å². The fraction of sp³-hybridized carbons (Fsp3) is 0.312. The number of alkyl halides is 3. The molecular formula is C16H16F3N3OS. The van der Waals surface area contributed by atoms with Gasteiger partial charge in [-0.2, -0.15) is 13.2 Å². The second kappa shape index (κ2) is 7.21. The Bertz CT molecular complexity index is 742. The van der Waals surface area contributed by atoms with Crippen molar-refractivity contribution in [2.24, 2.45) is 0 Å². The van der Waals surface area contributed by atoms with E-state index in [4.69, 9.17) is 0 Å². The lowest BCUT2D eigenvalue weighted by molar-refractivity contribution is -0.141. The van der Waals surface area contributed by atoms with Gasteiger partial charge in [0, 0.05) is 11.4 Å². The molecule has 128 valence electrons. The molecule has 0 aliphatic carbocycles. The van der Waals surface area contributed by atoms with Crippen molar-refractivity contribution in [3.8, 4) is 0 Å². The van der Waals surface area contributed by atoms with E-state index in [9.17, 15) is 18.0 Å². The van der Waals surface area contributed by atoms with Crippen LogP contribution in [-0.4, -0.2) is 21.6 Å². The number of halogens is 3. The van der Waals surface area contributed by atoms with Crippen molar-refractivity contribution < 1.29 is 18.0 Å². The third-order valence-electron chi connectivity index (χ3n) is 3.20. The third kappa shape index (κ3) is 4.70. The monoisotopic (exact) mass is 355 g/mol. The maximum Gasteiger partial charge on any atom is 0.433 e. The van der Waals surface area contributed by atoms with Crippen LogP contribution >= 0.6 is 11.8 Å². The SMILES string of the molecule is Cc1cc(C(F)(F)F)nc(SCC(=O)Nc2c(C)cccc2C)n1. The molecule has 1 N–H and O–H groups in total. The number of hydrogen-bond acceptors (Lipinski definition) is 4. The Balaban J connectivity index is 2.06. The van der Waals surface area contributed by atoms with Gasteiger partial charge in [0.1, 0.15) is 5.69 Å². The van der Waals surface area contributed by atoms with Crippen LogP contribution in [0.5, 0.6) is 0 Å². The second-order valence-electron chi connectivity index (χ2n) is 5.28. The van der Waals surface area contributed by atoms with Crippen LogP contribution in [0.1, 0.15) is 22.5 Å². The first-order valence-corrected chi connectivity index (χ1v) is 8.07. The first kappa shape index (κ1) is 18.3. The largest absolute Gasteiger partial charge is 0.433 e. The topological polar surface area (TPSA) is 54.9 Å².